The normalized spacial score (nSPS) is 10.3. The molecule has 2 aromatic heterocycles. The molecule has 0 aliphatic rings. The molecule has 2 aromatic rings. The van der Waals surface area contributed by atoms with Gasteiger partial charge in [-0.25, -0.2) is 0 Å². The molecule has 0 saturated carbocycles. The number of hydrogen-bond donors (Lipinski definition) is 1. The van der Waals surface area contributed by atoms with Crippen LogP contribution in [0.25, 0.3) is 0 Å². The first-order chi connectivity index (χ1) is 7.25. The van der Waals surface area contributed by atoms with Crippen molar-refractivity contribution in [1.82, 2.24) is 15.2 Å². The Morgan fingerprint density at radius 2 is 2.33 bits per heavy atom. The molecule has 0 unspecified atom stereocenters. The van der Waals surface area contributed by atoms with E-state index in [1.807, 2.05) is 19.1 Å². The number of anilines is 1. The predicted octanol–water partition coefficient (Wildman–Crippen LogP) is 2.62. The number of hydrogen-bond acceptors (Lipinski definition) is 5. The van der Waals surface area contributed by atoms with Crippen LogP contribution in [0.3, 0.4) is 0 Å². The lowest BCUT2D eigenvalue weighted by atomic mass is 10.2. The molecule has 6 heteroatoms. The van der Waals surface area contributed by atoms with Crippen LogP contribution in [0.2, 0.25) is 0 Å². The second-order valence-corrected chi connectivity index (χ2v) is 5.23. The number of rotatable bonds is 3. The first-order valence-corrected chi connectivity index (χ1v) is 6.00. The Labute approximate surface area is 99.9 Å². The van der Waals surface area contributed by atoms with E-state index in [1.54, 1.807) is 6.20 Å². The van der Waals surface area contributed by atoms with Gasteiger partial charge in [0.05, 0.1) is 12.2 Å². The molecule has 0 aromatic carbocycles. The number of nitrogens with zero attached hydrogens (tertiary/aromatic N) is 3. The molecule has 0 bridgehead atoms. The van der Waals surface area contributed by atoms with Crippen LogP contribution in [0.1, 0.15) is 11.3 Å². The number of pyridine rings is 1. The molecule has 0 atom stereocenters. The van der Waals surface area contributed by atoms with Crippen LogP contribution in [0.4, 0.5) is 5.13 Å². The minimum absolute atomic E-state index is 0.675. The lowest BCUT2D eigenvalue weighted by molar-refractivity contribution is 0.990. The molecule has 1 N–H and O–H groups in total. The molecule has 4 nitrogen and oxygen atoms in total. The van der Waals surface area contributed by atoms with E-state index in [0.29, 0.717) is 6.54 Å². The number of aryl methyl sites for hydroxylation is 1. The summed E-state index contributed by atoms with van der Waals surface area (Å²) in [5.41, 5.74) is 2.21. The molecule has 0 spiro atoms. The van der Waals surface area contributed by atoms with Gasteiger partial charge in [0.15, 0.2) is 3.92 Å². The van der Waals surface area contributed by atoms with Crippen LogP contribution >= 0.6 is 27.3 Å². The summed E-state index contributed by atoms with van der Waals surface area (Å²) in [5, 5.41) is 11.8. The molecule has 15 heavy (non-hydrogen) atoms. The highest BCUT2D eigenvalue weighted by atomic mass is 79.9. The molecule has 0 aliphatic carbocycles. The monoisotopic (exact) mass is 284 g/mol. The molecular weight excluding hydrogens is 276 g/mol. The Bertz CT molecular complexity index is 457. The van der Waals surface area contributed by atoms with Crippen molar-refractivity contribution in [2.45, 2.75) is 13.5 Å². The zero-order valence-electron chi connectivity index (χ0n) is 8.07. The van der Waals surface area contributed by atoms with Crippen molar-refractivity contribution in [1.29, 1.82) is 0 Å². The predicted molar refractivity (Wildman–Crippen MR) is 63.9 cm³/mol. The van der Waals surface area contributed by atoms with Crippen LogP contribution in [-0.2, 0) is 6.54 Å². The maximum atomic E-state index is 4.28. The van der Waals surface area contributed by atoms with E-state index >= 15 is 0 Å². The summed E-state index contributed by atoms with van der Waals surface area (Å²) in [7, 11) is 0. The average molecular weight is 285 g/mol. The molecule has 0 aliphatic heterocycles. The number of nitrogens with one attached hydrogen (secondary N) is 1. The quantitative estimate of drug-likeness (QED) is 0.941. The van der Waals surface area contributed by atoms with E-state index in [-0.39, 0.29) is 0 Å². The highest BCUT2D eigenvalue weighted by Gasteiger charge is 2.02. The van der Waals surface area contributed by atoms with Gasteiger partial charge >= 0.3 is 0 Å². The Kier molecular flexibility index (Phi) is 3.27. The van der Waals surface area contributed by atoms with E-state index in [4.69, 9.17) is 0 Å². The van der Waals surface area contributed by atoms with Gasteiger partial charge < -0.3 is 5.32 Å². The van der Waals surface area contributed by atoms with Crippen molar-refractivity contribution in [2.24, 2.45) is 0 Å². The van der Waals surface area contributed by atoms with Gasteiger partial charge in [-0.15, -0.1) is 10.2 Å². The van der Waals surface area contributed by atoms with E-state index in [1.165, 1.54) is 16.9 Å². The molecule has 2 heterocycles. The van der Waals surface area contributed by atoms with Gasteiger partial charge in [0.2, 0.25) is 5.13 Å². The largest absolute Gasteiger partial charge is 0.354 e. The minimum atomic E-state index is 0.675. The van der Waals surface area contributed by atoms with Gasteiger partial charge in [-0.1, -0.05) is 17.4 Å². The van der Waals surface area contributed by atoms with E-state index in [9.17, 15) is 0 Å². The molecular formula is C9H9BrN4S. The Morgan fingerprint density at radius 1 is 1.47 bits per heavy atom. The van der Waals surface area contributed by atoms with Crippen LogP contribution in [0, 0.1) is 6.92 Å². The van der Waals surface area contributed by atoms with E-state index in [2.05, 4.69) is 36.4 Å². The number of halogens is 1. The summed E-state index contributed by atoms with van der Waals surface area (Å²) in [6.07, 6.45) is 1.79. The maximum Gasteiger partial charge on any atom is 0.206 e. The fourth-order valence-electron chi connectivity index (χ4n) is 1.14. The van der Waals surface area contributed by atoms with E-state index in [0.717, 1.165) is 14.7 Å². The summed E-state index contributed by atoms with van der Waals surface area (Å²) in [4.78, 5) is 4.28. The SMILES string of the molecule is Cc1cccnc1CNc1nnc(Br)s1. The molecule has 78 valence electrons. The zero-order valence-corrected chi connectivity index (χ0v) is 10.5. The summed E-state index contributed by atoms with van der Waals surface area (Å²) < 4.78 is 0.780. The molecule has 2 rings (SSSR count). The van der Waals surface area contributed by atoms with Crippen LogP contribution in [0.5, 0.6) is 0 Å². The first kappa shape index (κ1) is 10.5. The third-order valence-electron chi connectivity index (χ3n) is 1.93. The van der Waals surface area contributed by atoms with Crippen molar-refractivity contribution < 1.29 is 0 Å². The smallest absolute Gasteiger partial charge is 0.206 e. The lowest BCUT2D eigenvalue weighted by Crippen LogP contribution is -2.03. The Balaban J connectivity index is 2.02. The first-order valence-electron chi connectivity index (χ1n) is 4.39. The zero-order chi connectivity index (χ0) is 10.7. The summed E-state index contributed by atoms with van der Waals surface area (Å²) in [5.74, 6) is 0. The average Bonchev–Trinajstić information content (AvgIpc) is 2.63. The molecule has 0 radical (unpaired) electrons. The van der Waals surface area contributed by atoms with Crippen molar-refractivity contribution >= 4 is 32.4 Å². The fourth-order valence-corrected chi connectivity index (χ4v) is 2.15. The summed E-state index contributed by atoms with van der Waals surface area (Å²) in [6.45, 7) is 2.72. The molecule has 0 saturated heterocycles. The standard InChI is InChI=1S/C9H9BrN4S/c1-6-3-2-4-11-7(6)5-12-9-14-13-8(10)15-9/h2-4H,5H2,1H3,(H,12,14). The van der Waals surface area contributed by atoms with Crippen molar-refractivity contribution in [3.8, 4) is 0 Å². The van der Waals surface area contributed by atoms with Gasteiger partial charge in [0.1, 0.15) is 0 Å². The van der Waals surface area contributed by atoms with Crippen molar-refractivity contribution in [2.75, 3.05) is 5.32 Å². The van der Waals surface area contributed by atoms with Crippen molar-refractivity contribution in [3.05, 3.63) is 33.5 Å². The molecule has 0 fully saturated rings. The summed E-state index contributed by atoms with van der Waals surface area (Å²) in [6, 6.07) is 3.97. The lowest BCUT2D eigenvalue weighted by Gasteiger charge is -2.03. The Morgan fingerprint density at radius 3 is 3.00 bits per heavy atom. The van der Waals surface area contributed by atoms with Crippen LogP contribution in [-0.4, -0.2) is 15.2 Å². The molecule has 0 amide bonds. The van der Waals surface area contributed by atoms with Gasteiger partial charge in [-0.05, 0) is 34.5 Å². The Hall–Kier alpha value is -1.01. The van der Waals surface area contributed by atoms with Gasteiger partial charge in [0.25, 0.3) is 0 Å². The summed E-state index contributed by atoms with van der Waals surface area (Å²) >= 11 is 4.73. The third-order valence-corrected chi connectivity index (χ3v) is 3.24. The van der Waals surface area contributed by atoms with Crippen LogP contribution < -0.4 is 5.32 Å². The topological polar surface area (TPSA) is 50.7 Å². The maximum absolute atomic E-state index is 4.28. The van der Waals surface area contributed by atoms with Crippen molar-refractivity contribution in [3.63, 3.8) is 0 Å². The van der Waals surface area contributed by atoms with Gasteiger partial charge in [-0.2, -0.15) is 0 Å². The minimum Gasteiger partial charge on any atom is -0.354 e. The third kappa shape index (κ3) is 2.73. The van der Waals surface area contributed by atoms with Gasteiger partial charge in [0, 0.05) is 6.20 Å². The van der Waals surface area contributed by atoms with Crippen LogP contribution in [0.15, 0.2) is 22.2 Å². The number of aromatic nitrogens is 3. The van der Waals surface area contributed by atoms with E-state index < -0.39 is 0 Å². The van der Waals surface area contributed by atoms with Gasteiger partial charge in [-0.3, -0.25) is 4.98 Å². The second kappa shape index (κ2) is 4.67. The highest BCUT2D eigenvalue weighted by molar-refractivity contribution is 9.11. The highest BCUT2D eigenvalue weighted by Crippen LogP contribution is 2.20. The fraction of sp³-hybridized carbons (Fsp3) is 0.222. The second-order valence-electron chi connectivity index (χ2n) is 2.98.